The van der Waals surface area contributed by atoms with Gasteiger partial charge in [-0.15, -0.1) is 0 Å². The summed E-state index contributed by atoms with van der Waals surface area (Å²) in [6, 6.07) is 0.906. The molecule has 1 aliphatic heterocycles. The minimum Gasteiger partial charge on any atom is -0.352 e. The molecule has 2 aliphatic rings. The SMILES string of the molecule is O=C(C1CCCCC1)N1CCN(c2ncc(C(F)(F)F)cc2Cl)CC1. The van der Waals surface area contributed by atoms with Crippen molar-refractivity contribution in [3.63, 3.8) is 0 Å². The lowest BCUT2D eigenvalue weighted by atomic mass is 9.88. The fourth-order valence-corrected chi connectivity index (χ4v) is 3.85. The van der Waals surface area contributed by atoms with E-state index in [4.69, 9.17) is 11.6 Å². The van der Waals surface area contributed by atoms with Gasteiger partial charge < -0.3 is 9.80 Å². The Bertz CT molecular complexity index is 624. The van der Waals surface area contributed by atoms with Gasteiger partial charge in [0.1, 0.15) is 5.82 Å². The number of alkyl halides is 3. The van der Waals surface area contributed by atoms with Crippen molar-refractivity contribution in [2.75, 3.05) is 31.1 Å². The molecule has 1 saturated heterocycles. The smallest absolute Gasteiger partial charge is 0.352 e. The van der Waals surface area contributed by atoms with Gasteiger partial charge in [-0.1, -0.05) is 30.9 Å². The van der Waals surface area contributed by atoms with Gasteiger partial charge in [-0.2, -0.15) is 13.2 Å². The van der Waals surface area contributed by atoms with Crippen molar-refractivity contribution in [3.05, 3.63) is 22.8 Å². The second-order valence-electron chi connectivity index (χ2n) is 6.67. The largest absolute Gasteiger partial charge is 0.417 e. The number of hydrogen-bond acceptors (Lipinski definition) is 3. The van der Waals surface area contributed by atoms with Crippen LogP contribution >= 0.6 is 11.6 Å². The summed E-state index contributed by atoms with van der Waals surface area (Å²) in [5.41, 5.74) is -0.854. The maximum atomic E-state index is 12.7. The molecule has 0 N–H and O–H groups in total. The second-order valence-corrected chi connectivity index (χ2v) is 7.08. The van der Waals surface area contributed by atoms with Crippen LogP contribution in [0.3, 0.4) is 0 Å². The molecule has 8 heteroatoms. The van der Waals surface area contributed by atoms with Crippen molar-refractivity contribution in [2.45, 2.75) is 38.3 Å². The van der Waals surface area contributed by atoms with Crippen molar-refractivity contribution in [3.8, 4) is 0 Å². The van der Waals surface area contributed by atoms with E-state index < -0.39 is 11.7 Å². The van der Waals surface area contributed by atoms with E-state index in [2.05, 4.69) is 4.98 Å². The molecule has 25 heavy (non-hydrogen) atoms. The van der Waals surface area contributed by atoms with E-state index in [1.165, 1.54) is 6.42 Å². The molecule has 0 atom stereocenters. The number of hydrogen-bond donors (Lipinski definition) is 0. The molecule has 138 valence electrons. The third-order valence-electron chi connectivity index (χ3n) is 4.99. The first-order valence-corrected chi connectivity index (χ1v) is 9.00. The molecule has 3 rings (SSSR count). The Morgan fingerprint density at radius 3 is 2.32 bits per heavy atom. The summed E-state index contributed by atoms with van der Waals surface area (Å²) >= 11 is 6.00. The molecule has 0 aromatic carbocycles. The van der Waals surface area contributed by atoms with Gasteiger partial charge in [0.05, 0.1) is 10.6 Å². The predicted octanol–water partition coefficient (Wildman–Crippen LogP) is 3.98. The molecule has 0 spiro atoms. The van der Waals surface area contributed by atoms with Gasteiger partial charge >= 0.3 is 6.18 Å². The van der Waals surface area contributed by atoms with Gasteiger partial charge in [-0.3, -0.25) is 4.79 Å². The van der Waals surface area contributed by atoms with Gasteiger partial charge in [-0.05, 0) is 18.9 Å². The average molecular weight is 376 g/mol. The zero-order valence-corrected chi connectivity index (χ0v) is 14.6. The first kappa shape index (κ1) is 18.3. The van der Waals surface area contributed by atoms with Crippen LogP contribution in [0.25, 0.3) is 0 Å². The maximum absolute atomic E-state index is 12.7. The molecule has 2 fully saturated rings. The fourth-order valence-electron chi connectivity index (χ4n) is 3.56. The Kier molecular flexibility index (Phi) is 5.41. The highest BCUT2D eigenvalue weighted by Gasteiger charge is 2.33. The lowest BCUT2D eigenvalue weighted by Gasteiger charge is -2.38. The summed E-state index contributed by atoms with van der Waals surface area (Å²) in [6.07, 6.45) is 1.70. The molecule has 2 heterocycles. The standard InChI is InChI=1S/C17H21ClF3N3O/c18-14-10-13(17(19,20)21)11-22-15(14)23-6-8-24(9-7-23)16(25)12-4-2-1-3-5-12/h10-12H,1-9H2. The van der Waals surface area contributed by atoms with Crippen LogP contribution in [-0.4, -0.2) is 42.0 Å². The van der Waals surface area contributed by atoms with Gasteiger partial charge in [0.2, 0.25) is 5.91 Å². The highest BCUT2D eigenvalue weighted by molar-refractivity contribution is 6.33. The number of halogens is 4. The number of amides is 1. The number of pyridine rings is 1. The molecule has 1 aliphatic carbocycles. The molecule has 1 aromatic heterocycles. The maximum Gasteiger partial charge on any atom is 0.417 e. The summed E-state index contributed by atoms with van der Waals surface area (Å²) < 4.78 is 38.1. The van der Waals surface area contributed by atoms with Crippen molar-refractivity contribution in [2.24, 2.45) is 5.92 Å². The molecular weight excluding hydrogens is 355 g/mol. The topological polar surface area (TPSA) is 36.4 Å². The second kappa shape index (κ2) is 7.40. The monoisotopic (exact) mass is 375 g/mol. The van der Waals surface area contributed by atoms with Crippen molar-refractivity contribution in [1.82, 2.24) is 9.88 Å². The number of carbonyl (C=O) groups excluding carboxylic acids is 1. The van der Waals surface area contributed by atoms with Gasteiger partial charge in [0, 0.05) is 38.3 Å². The van der Waals surface area contributed by atoms with Gasteiger partial charge in [0.15, 0.2) is 0 Å². The van der Waals surface area contributed by atoms with Crippen LogP contribution in [0.15, 0.2) is 12.3 Å². The van der Waals surface area contributed by atoms with E-state index in [1.807, 2.05) is 9.80 Å². The Morgan fingerprint density at radius 2 is 1.76 bits per heavy atom. The van der Waals surface area contributed by atoms with Gasteiger partial charge in [0.25, 0.3) is 0 Å². The number of piperazine rings is 1. The molecule has 1 amide bonds. The molecule has 0 unspecified atom stereocenters. The van der Waals surface area contributed by atoms with Crippen molar-refractivity contribution in [1.29, 1.82) is 0 Å². The van der Waals surface area contributed by atoms with E-state index in [0.717, 1.165) is 37.9 Å². The lowest BCUT2D eigenvalue weighted by molar-refractivity contribution is -0.138. The third-order valence-corrected chi connectivity index (χ3v) is 5.27. The van der Waals surface area contributed by atoms with Crippen LogP contribution in [0.4, 0.5) is 19.0 Å². The molecule has 1 aromatic rings. The first-order valence-electron chi connectivity index (χ1n) is 8.63. The van der Waals surface area contributed by atoms with Crippen molar-refractivity contribution >= 4 is 23.3 Å². The molecule has 0 radical (unpaired) electrons. The minimum atomic E-state index is -4.46. The number of anilines is 1. The summed E-state index contributed by atoms with van der Waals surface area (Å²) in [6.45, 7) is 2.15. The minimum absolute atomic E-state index is 0.0121. The predicted molar refractivity (Wildman–Crippen MR) is 89.6 cm³/mol. The Hall–Kier alpha value is -1.50. The molecule has 4 nitrogen and oxygen atoms in total. The summed E-state index contributed by atoms with van der Waals surface area (Å²) in [5, 5.41) is -0.0121. The molecule has 1 saturated carbocycles. The lowest BCUT2D eigenvalue weighted by Crippen LogP contribution is -2.50. The van der Waals surface area contributed by atoms with E-state index in [9.17, 15) is 18.0 Å². The Labute approximate surface area is 149 Å². The van der Waals surface area contributed by atoms with Crippen LogP contribution in [0.5, 0.6) is 0 Å². The number of nitrogens with zero attached hydrogens (tertiary/aromatic N) is 3. The zero-order valence-electron chi connectivity index (χ0n) is 13.9. The molecule has 0 bridgehead atoms. The van der Waals surface area contributed by atoms with Crippen LogP contribution in [0.2, 0.25) is 5.02 Å². The Balaban J connectivity index is 1.61. The summed E-state index contributed by atoms with van der Waals surface area (Å²) in [5.74, 6) is 0.693. The van der Waals surface area contributed by atoms with Crippen LogP contribution in [0.1, 0.15) is 37.7 Å². The average Bonchev–Trinajstić information content (AvgIpc) is 2.61. The fraction of sp³-hybridized carbons (Fsp3) is 0.647. The van der Waals surface area contributed by atoms with Crippen LogP contribution < -0.4 is 4.90 Å². The van der Waals surface area contributed by atoms with Crippen LogP contribution in [0, 0.1) is 5.92 Å². The van der Waals surface area contributed by atoms with E-state index in [1.54, 1.807) is 0 Å². The third kappa shape index (κ3) is 4.19. The zero-order chi connectivity index (χ0) is 18.0. The van der Waals surface area contributed by atoms with E-state index in [0.29, 0.717) is 32.0 Å². The normalized spacial score (nSPS) is 20.0. The molecular formula is C17H21ClF3N3O. The highest BCUT2D eigenvalue weighted by atomic mass is 35.5. The van der Waals surface area contributed by atoms with Gasteiger partial charge in [-0.25, -0.2) is 4.98 Å². The van der Waals surface area contributed by atoms with Crippen molar-refractivity contribution < 1.29 is 18.0 Å². The van der Waals surface area contributed by atoms with E-state index in [-0.39, 0.29) is 16.8 Å². The number of rotatable bonds is 2. The van der Waals surface area contributed by atoms with Crippen LogP contribution in [-0.2, 0) is 11.0 Å². The number of carbonyl (C=O) groups is 1. The first-order chi connectivity index (χ1) is 11.9. The summed E-state index contributed by atoms with van der Waals surface area (Å²) in [7, 11) is 0. The summed E-state index contributed by atoms with van der Waals surface area (Å²) in [4.78, 5) is 20.2. The quantitative estimate of drug-likeness (QED) is 0.784. The number of aromatic nitrogens is 1. The Morgan fingerprint density at radius 1 is 1.12 bits per heavy atom. The van der Waals surface area contributed by atoms with E-state index >= 15 is 0 Å². The highest BCUT2D eigenvalue weighted by Crippen LogP contribution is 2.34.